The molecule has 0 amide bonds. The van der Waals surface area contributed by atoms with E-state index in [4.69, 9.17) is 10.5 Å². The second-order valence-corrected chi connectivity index (χ2v) is 6.58. The van der Waals surface area contributed by atoms with Crippen LogP contribution in [0.5, 0.6) is 5.88 Å². The first-order valence-corrected chi connectivity index (χ1v) is 8.88. The van der Waals surface area contributed by atoms with Crippen LogP contribution in [0.15, 0.2) is 60.9 Å². The fourth-order valence-corrected chi connectivity index (χ4v) is 3.02. The summed E-state index contributed by atoms with van der Waals surface area (Å²) >= 11 is 0. The van der Waals surface area contributed by atoms with Crippen LogP contribution in [0.1, 0.15) is 11.3 Å². The predicted molar refractivity (Wildman–Crippen MR) is 105 cm³/mol. The van der Waals surface area contributed by atoms with Gasteiger partial charge >= 0.3 is 0 Å². The first-order chi connectivity index (χ1) is 13.2. The lowest BCUT2D eigenvalue weighted by atomic mass is 10.1. The molecule has 0 fully saturated rings. The summed E-state index contributed by atoms with van der Waals surface area (Å²) in [5, 5.41) is 8.32. The number of hydrogen-bond donors (Lipinski definition) is 2. The predicted octanol–water partition coefficient (Wildman–Crippen LogP) is 3.28. The number of nitrogens with one attached hydrogen (secondary N) is 1. The summed E-state index contributed by atoms with van der Waals surface area (Å²) in [7, 11) is 0. The van der Waals surface area contributed by atoms with Gasteiger partial charge in [0, 0.05) is 22.7 Å². The zero-order chi connectivity index (χ0) is 18.6. The van der Waals surface area contributed by atoms with Crippen LogP contribution in [0.4, 0.5) is 0 Å². The molecule has 2 heterocycles. The number of aromatic nitrogens is 4. The minimum Gasteiger partial charge on any atom is -0.475 e. The number of aryl methyl sites for hydroxylation is 1. The van der Waals surface area contributed by atoms with E-state index in [2.05, 4.69) is 38.4 Å². The zero-order valence-corrected chi connectivity index (χ0v) is 15.1. The first-order valence-electron chi connectivity index (χ1n) is 8.88. The molecule has 4 aromatic rings. The Hall–Kier alpha value is -3.25. The van der Waals surface area contributed by atoms with Crippen molar-refractivity contribution in [2.45, 2.75) is 19.4 Å². The van der Waals surface area contributed by atoms with Crippen molar-refractivity contribution in [3.05, 3.63) is 72.2 Å². The molecule has 6 nitrogen and oxygen atoms in total. The van der Waals surface area contributed by atoms with Gasteiger partial charge in [-0.15, -0.1) is 0 Å². The summed E-state index contributed by atoms with van der Waals surface area (Å²) in [6.45, 7) is 2.38. The smallest absolute Gasteiger partial charge is 0.232 e. The second kappa shape index (κ2) is 7.55. The van der Waals surface area contributed by atoms with Crippen LogP contribution in [-0.2, 0) is 6.42 Å². The summed E-state index contributed by atoms with van der Waals surface area (Å²) in [5.41, 5.74) is 11.1. The number of benzene rings is 2. The molecule has 27 heavy (non-hydrogen) atoms. The maximum atomic E-state index is 6.19. The van der Waals surface area contributed by atoms with Gasteiger partial charge in [0.25, 0.3) is 0 Å². The monoisotopic (exact) mass is 359 g/mol. The Bertz CT molecular complexity index is 1040. The summed E-state index contributed by atoms with van der Waals surface area (Å²) in [6.07, 6.45) is 4.10. The van der Waals surface area contributed by atoms with Gasteiger partial charge in [0.2, 0.25) is 5.88 Å². The fraction of sp³-hybridized carbons (Fsp3) is 0.190. The average molecular weight is 359 g/mol. The minimum atomic E-state index is -0.109. The van der Waals surface area contributed by atoms with E-state index in [1.54, 1.807) is 12.4 Å². The molecule has 2 aromatic heterocycles. The molecule has 0 radical (unpaired) electrons. The average Bonchev–Trinajstić information content (AvgIpc) is 3.08. The number of nitrogens with zero attached hydrogens (tertiary/aromatic N) is 3. The van der Waals surface area contributed by atoms with Gasteiger partial charge in [0.05, 0.1) is 23.6 Å². The number of H-pyrrole nitrogens is 1. The van der Waals surface area contributed by atoms with Gasteiger partial charge in [0.15, 0.2) is 0 Å². The number of fused-ring (bicyclic) bond motifs is 1. The van der Waals surface area contributed by atoms with Gasteiger partial charge in [-0.05, 0) is 31.0 Å². The molecule has 1 atom stereocenters. The van der Waals surface area contributed by atoms with Crippen LogP contribution in [0.3, 0.4) is 0 Å². The van der Waals surface area contributed by atoms with Crippen LogP contribution in [-0.4, -0.2) is 32.8 Å². The largest absolute Gasteiger partial charge is 0.475 e. The van der Waals surface area contributed by atoms with Crippen molar-refractivity contribution in [3.63, 3.8) is 0 Å². The van der Waals surface area contributed by atoms with E-state index >= 15 is 0 Å². The highest BCUT2D eigenvalue weighted by atomic mass is 16.5. The van der Waals surface area contributed by atoms with Crippen molar-refractivity contribution >= 4 is 10.9 Å². The van der Waals surface area contributed by atoms with Gasteiger partial charge in [-0.3, -0.25) is 10.1 Å². The molecule has 0 spiro atoms. The standard InChI is InChI=1S/C21H21N5O/c1-14-18-10-16(7-8-19(18)26-25-14)20-11-23-12-21(24-20)27-13-17(22)9-15-5-3-2-4-6-15/h2-8,10-12,17H,9,13,22H2,1H3,(H,25,26)/t17-/m1/s1. The molecular weight excluding hydrogens is 338 g/mol. The lowest BCUT2D eigenvalue weighted by molar-refractivity contribution is 0.276. The third-order valence-electron chi connectivity index (χ3n) is 4.44. The molecule has 4 rings (SSSR count). The van der Waals surface area contributed by atoms with E-state index in [0.29, 0.717) is 12.5 Å². The van der Waals surface area contributed by atoms with E-state index in [1.165, 1.54) is 5.56 Å². The first kappa shape index (κ1) is 17.2. The fourth-order valence-electron chi connectivity index (χ4n) is 3.02. The third-order valence-corrected chi connectivity index (χ3v) is 4.44. The van der Waals surface area contributed by atoms with Crippen molar-refractivity contribution in [1.29, 1.82) is 0 Å². The number of hydrogen-bond acceptors (Lipinski definition) is 5. The molecule has 0 unspecified atom stereocenters. The maximum Gasteiger partial charge on any atom is 0.232 e. The molecule has 0 saturated carbocycles. The summed E-state index contributed by atoms with van der Waals surface area (Å²) in [6, 6.07) is 16.0. The maximum absolute atomic E-state index is 6.19. The Kier molecular flexibility index (Phi) is 4.80. The molecule has 0 aliphatic rings. The van der Waals surface area contributed by atoms with Crippen molar-refractivity contribution in [2.24, 2.45) is 5.73 Å². The summed E-state index contributed by atoms with van der Waals surface area (Å²) in [5.74, 6) is 0.472. The highest BCUT2D eigenvalue weighted by molar-refractivity contribution is 5.85. The topological polar surface area (TPSA) is 89.7 Å². The van der Waals surface area contributed by atoms with Crippen molar-refractivity contribution in [1.82, 2.24) is 20.2 Å². The minimum absolute atomic E-state index is 0.109. The Morgan fingerprint density at radius 3 is 2.81 bits per heavy atom. The van der Waals surface area contributed by atoms with Gasteiger partial charge < -0.3 is 10.5 Å². The van der Waals surface area contributed by atoms with Crippen molar-refractivity contribution < 1.29 is 4.74 Å². The van der Waals surface area contributed by atoms with Crippen LogP contribution < -0.4 is 10.5 Å². The van der Waals surface area contributed by atoms with E-state index in [1.807, 2.05) is 37.3 Å². The van der Waals surface area contributed by atoms with E-state index in [0.717, 1.165) is 34.3 Å². The highest BCUT2D eigenvalue weighted by Gasteiger charge is 2.09. The second-order valence-electron chi connectivity index (χ2n) is 6.58. The number of nitrogens with two attached hydrogens (primary N) is 1. The Morgan fingerprint density at radius 1 is 1.11 bits per heavy atom. The van der Waals surface area contributed by atoms with Crippen LogP contribution in [0.25, 0.3) is 22.2 Å². The normalized spacial score (nSPS) is 12.2. The van der Waals surface area contributed by atoms with Gasteiger partial charge in [-0.25, -0.2) is 4.98 Å². The summed E-state index contributed by atoms with van der Waals surface area (Å²) in [4.78, 5) is 8.83. The number of aromatic amines is 1. The zero-order valence-electron chi connectivity index (χ0n) is 15.1. The molecule has 3 N–H and O–H groups in total. The van der Waals surface area contributed by atoms with E-state index in [9.17, 15) is 0 Å². The van der Waals surface area contributed by atoms with Crippen LogP contribution >= 0.6 is 0 Å². The lowest BCUT2D eigenvalue weighted by Crippen LogP contribution is -2.30. The van der Waals surface area contributed by atoms with E-state index < -0.39 is 0 Å². The number of ether oxygens (including phenoxy) is 1. The Morgan fingerprint density at radius 2 is 1.96 bits per heavy atom. The molecular formula is C21H21N5O. The van der Waals surface area contributed by atoms with Crippen LogP contribution in [0.2, 0.25) is 0 Å². The van der Waals surface area contributed by atoms with Gasteiger partial charge in [-0.1, -0.05) is 36.4 Å². The Labute approximate surface area is 157 Å². The SMILES string of the molecule is Cc1[nH]nc2ccc(-c3cncc(OC[C@H](N)Cc4ccccc4)n3)cc12. The Balaban J connectivity index is 1.46. The number of rotatable bonds is 6. The van der Waals surface area contributed by atoms with Crippen LogP contribution in [0, 0.1) is 6.92 Å². The molecule has 0 aliphatic carbocycles. The molecule has 6 heteroatoms. The van der Waals surface area contributed by atoms with Crippen molar-refractivity contribution in [2.75, 3.05) is 6.61 Å². The quantitative estimate of drug-likeness (QED) is 0.551. The molecule has 0 bridgehead atoms. The van der Waals surface area contributed by atoms with E-state index in [-0.39, 0.29) is 6.04 Å². The molecule has 136 valence electrons. The van der Waals surface area contributed by atoms with Gasteiger partial charge in [0.1, 0.15) is 6.61 Å². The third kappa shape index (κ3) is 3.96. The molecule has 0 aliphatic heterocycles. The van der Waals surface area contributed by atoms with Crippen molar-refractivity contribution in [3.8, 4) is 17.1 Å². The molecule has 2 aromatic carbocycles. The summed E-state index contributed by atoms with van der Waals surface area (Å²) < 4.78 is 5.78. The van der Waals surface area contributed by atoms with Gasteiger partial charge in [-0.2, -0.15) is 5.10 Å². The lowest BCUT2D eigenvalue weighted by Gasteiger charge is -2.13. The molecule has 0 saturated heterocycles. The highest BCUT2D eigenvalue weighted by Crippen LogP contribution is 2.24.